The van der Waals surface area contributed by atoms with Crippen LogP contribution in [0.2, 0.25) is 0 Å². The Bertz CT molecular complexity index is 911. The van der Waals surface area contributed by atoms with Gasteiger partial charge < -0.3 is 9.47 Å². The lowest BCUT2D eigenvalue weighted by molar-refractivity contribution is -0.281. The summed E-state index contributed by atoms with van der Waals surface area (Å²) in [5.74, 6) is -2.30. The number of benzene rings is 1. The molecule has 0 aromatic heterocycles. The van der Waals surface area contributed by atoms with Crippen LogP contribution in [0.5, 0.6) is 0 Å². The summed E-state index contributed by atoms with van der Waals surface area (Å²) < 4.78 is 12.3. The van der Waals surface area contributed by atoms with Gasteiger partial charge in [0.05, 0.1) is 30.2 Å². The van der Waals surface area contributed by atoms with Crippen LogP contribution < -0.4 is 0 Å². The van der Waals surface area contributed by atoms with E-state index in [4.69, 9.17) is 14.9 Å². The van der Waals surface area contributed by atoms with Gasteiger partial charge >= 0.3 is 0 Å². The van der Waals surface area contributed by atoms with Crippen molar-refractivity contribution in [3.63, 3.8) is 0 Å². The fourth-order valence-electron chi connectivity index (χ4n) is 5.25. The van der Waals surface area contributed by atoms with Gasteiger partial charge in [-0.1, -0.05) is 63.4 Å². The maximum Gasteiger partial charge on any atom is 0.214 e. The van der Waals surface area contributed by atoms with Crippen LogP contribution in [0.25, 0.3) is 0 Å². The third kappa shape index (κ3) is 2.89. The molecular weight excluding hydrogens is 376 g/mol. The molecule has 1 aromatic rings. The molecule has 6 heteroatoms. The number of nitrogens with zero attached hydrogens (tertiary/aromatic N) is 3. The first kappa shape index (κ1) is 21.8. The summed E-state index contributed by atoms with van der Waals surface area (Å²) in [5, 5.41) is 39.7. The Morgan fingerprint density at radius 1 is 1.10 bits per heavy atom. The van der Waals surface area contributed by atoms with Crippen molar-refractivity contribution in [2.24, 2.45) is 22.7 Å². The molecule has 0 radical (unpaired) electrons. The van der Waals surface area contributed by atoms with Crippen molar-refractivity contribution in [1.82, 2.24) is 0 Å². The Morgan fingerprint density at radius 3 is 2.30 bits per heavy atom. The van der Waals surface area contributed by atoms with Gasteiger partial charge in [0.1, 0.15) is 0 Å². The van der Waals surface area contributed by atoms with Crippen molar-refractivity contribution >= 4 is 5.90 Å². The van der Waals surface area contributed by atoms with Crippen molar-refractivity contribution in [3.8, 4) is 18.2 Å². The number of nitrogens with one attached hydrogen (secondary N) is 1. The highest BCUT2D eigenvalue weighted by molar-refractivity contribution is 5.89. The van der Waals surface area contributed by atoms with Crippen molar-refractivity contribution in [3.05, 3.63) is 35.9 Å². The van der Waals surface area contributed by atoms with Gasteiger partial charge in [0.15, 0.2) is 10.8 Å². The van der Waals surface area contributed by atoms with E-state index in [9.17, 15) is 15.8 Å². The molecule has 6 nitrogen and oxygen atoms in total. The van der Waals surface area contributed by atoms with Crippen LogP contribution >= 0.6 is 0 Å². The Hall–Kier alpha value is -2.88. The molecule has 1 N–H and O–H groups in total. The average Bonchev–Trinajstić information content (AvgIpc) is 2.92. The van der Waals surface area contributed by atoms with Gasteiger partial charge in [0.2, 0.25) is 11.7 Å². The molecule has 0 spiro atoms. The van der Waals surface area contributed by atoms with E-state index in [-0.39, 0.29) is 11.8 Å². The second-order valence-electron chi connectivity index (χ2n) is 8.49. The number of ether oxygens (including phenoxy) is 2. The Balaban J connectivity index is 2.18. The molecule has 5 unspecified atom stereocenters. The van der Waals surface area contributed by atoms with Crippen molar-refractivity contribution in [1.29, 1.82) is 21.2 Å². The first-order valence-electron chi connectivity index (χ1n) is 10.6. The van der Waals surface area contributed by atoms with Crippen LogP contribution in [0.1, 0.15) is 52.0 Å². The molecule has 2 aliphatic heterocycles. The molecule has 1 aromatic carbocycles. The molecule has 2 heterocycles. The maximum atomic E-state index is 10.4. The van der Waals surface area contributed by atoms with E-state index >= 15 is 0 Å². The minimum Gasteiger partial charge on any atom is -0.448 e. The summed E-state index contributed by atoms with van der Waals surface area (Å²) in [4.78, 5) is 0. The minimum absolute atomic E-state index is 0.0801. The van der Waals surface area contributed by atoms with Crippen LogP contribution in [0.15, 0.2) is 30.3 Å². The van der Waals surface area contributed by atoms with Crippen molar-refractivity contribution in [2.75, 3.05) is 0 Å². The van der Waals surface area contributed by atoms with E-state index in [0.717, 1.165) is 24.8 Å². The first-order chi connectivity index (χ1) is 14.4. The predicted molar refractivity (Wildman–Crippen MR) is 111 cm³/mol. The fourth-order valence-corrected chi connectivity index (χ4v) is 5.25. The predicted octanol–water partition coefficient (Wildman–Crippen LogP) is 4.73. The van der Waals surface area contributed by atoms with Crippen LogP contribution in [-0.2, 0) is 15.9 Å². The van der Waals surface area contributed by atoms with Gasteiger partial charge in [-0.15, -0.1) is 0 Å². The van der Waals surface area contributed by atoms with Gasteiger partial charge in [-0.2, -0.15) is 15.8 Å². The van der Waals surface area contributed by atoms with Gasteiger partial charge in [-0.3, -0.25) is 5.41 Å². The van der Waals surface area contributed by atoms with E-state index in [1.165, 1.54) is 0 Å². The Morgan fingerprint density at radius 2 is 1.77 bits per heavy atom. The quantitative estimate of drug-likeness (QED) is 0.706. The van der Waals surface area contributed by atoms with Crippen LogP contribution in [0, 0.1) is 62.1 Å². The summed E-state index contributed by atoms with van der Waals surface area (Å²) in [7, 11) is 0. The summed E-state index contributed by atoms with van der Waals surface area (Å²) in [6.07, 6.45) is 2.99. The molecule has 0 saturated carbocycles. The maximum absolute atomic E-state index is 10.4. The third-order valence-corrected chi connectivity index (χ3v) is 6.92. The molecular formula is C24H28N4O2. The number of fused-ring (bicyclic) bond motifs is 2. The smallest absolute Gasteiger partial charge is 0.214 e. The fraction of sp³-hybridized carbons (Fsp3) is 0.583. The molecule has 5 atom stereocenters. The zero-order valence-corrected chi connectivity index (χ0v) is 17.8. The largest absolute Gasteiger partial charge is 0.448 e. The van der Waals surface area contributed by atoms with Crippen molar-refractivity contribution in [2.45, 2.75) is 64.8 Å². The highest BCUT2D eigenvalue weighted by Gasteiger charge is 2.79. The molecule has 2 aliphatic rings. The van der Waals surface area contributed by atoms with Gasteiger partial charge in [-0.25, -0.2) is 0 Å². The van der Waals surface area contributed by atoms with Gasteiger partial charge in [0.25, 0.3) is 0 Å². The molecule has 2 fully saturated rings. The zero-order chi connectivity index (χ0) is 22.0. The standard InChI is InChI=1S/C24H28N4O2/c1-4-6-12-18(5-2)20-23(14-25,15-26)24(16-27)19(13-17-10-8-7-9-11-17)22(3,29-20)30-21(24)28/h7-11,18-20,28H,4-6,12-13H2,1-3H3. The van der Waals surface area contributed by atoms with Gasteiger partial charge in [0, 0.05) is 6.92 Å². The average molecular weight is 405 g/mol. The van der Waals surface area contributed by atoms with Crippen molar-refractivity contribution < 1.29 is 9.47 Å². The SMILES string of the molecule is CCCCC(CC)C1OC2(C)OC(=N)C(C#N)(C2Cc2ccccc2)C1(C#N)C#N. The second-order valence-corrected chi connectivity index (χ2v) is 8.49. The molecule has 2 saturated heterocycles. The second kappa shape index (κ2) is 8.10. The Labute approximate surface area is 178 Å². The lowest BCUT2D eigenvalue weighted by Crippen LogP contribution is -2.64. The Kier molecular flexibility index (Phi) is 5.89. The van der Waals surface area contributed by atoms with E-state index in [0.29, 0.717) is 12.8 Å². The van der Waals surface area contributed by atoms with Crippen LogP contribution in [-0.4, -0.2) is 17.8 Å². The minimum atomic E-state index is -1.82. The lowest BCUT2D eigenvalue weighted by atomic mass is 9.51. The zero-order valence-electron chi connectivity index (χ0n) is 17.8. The molecule has 156 valence electrons. The summed E-state index contributed by atoms with van der Waals surface area (Å²) in [5.41, 5.74) is -2.57. The number of nitriles is 3. The normalized spacial score (nSPS) is 32.3. The highest BCUT2D eigenvalue weighted by atomic mass is 16.7. The summed E-state index contributed by atoms with van der Waals surface area (Å²) in [6.45, 7) is 5.84. The molecule has 2 bridgehead atoms. The lowest BCUT2D eigenvalue weighted by Gasteiger charge is -2.51. The van der Waals surface area contributed by atoms with E-state index in [1.54, 1.807) is 6.92 Å². The van der Waals surface area contributed by atoms with Crippen LogP contribution in [0.4, 0.5) is 0 Å². The number of unbranched alkanes of at least 4 members (excludes halogenated alkanes) is 1. The van der Waals surface area contributed by atoms with Gasteiger partial charge in [-0.05, 0) is 24.3 Å². The van der Waals surface area contributed by atoms with Crippen LogP contribution in [0.3, 0.4) is 0 Å². The number of rotatable bonds is 7. The summed E-state index contributed by atoms with van der Waals surface area (Å²) >= 11 is 0. The number of hydrogen-bond acceptors (Lipinski definition) is 6. The topological polar surface area (TPSA) is 114 Å². The number of hydrogen-bond donors (Lipinski definition) is 1. The molecule has 30 heavy (non-hydrogen) atoms. The monoisotopic (exact) mass is 404 g/mol. The highest BCUT2D eigenvalue weighted by Crippen LogP contribution is 2.64. The summed E-state index contributed by atoms with van der Waals surface area (Å²) in [6, 6.07) is 16.1. The third-order valence-electron chi connectivity index (χ3n) is 6.92. The first-order valence-corrected chi connectivity index (χ1v) is 10.6. The van der Waals surface area contributed by atoms with E-state index < -0.39 is 28.6 Å². The molecule has 3 rings (SSSR count). The van der Waals surface area contributed by atoms with E-state index in [2.05, 4.69) is 25.1 Å². The van der Waals surface area contributed by atoms with E-state index in [1.807, 2.05) is 37.3 Å². The molecule has 0 amide bonds. The molecule has 0 aliphatic carbocycles.